The van der Waals surface area contributed by atoms with Crippen LogP contribution in [0.4, 0.5) is 0 Å². The molecule has 2 aromatic rings. The maximum absolute atomic E-state index is 12.5. The smallest absolute Gasteiger partial charge is 0.260 e. The Balaban J connectivity index is 1.62. The summed E-state index contributed by atoms with van der Waals surface area (Å²) in [6.45, 7) is 8.01. The number of amides is 1. The van der Waals surface area contributed by atoms with Crippen molar-refractivity contribution in [1.82, 2.24) is 4.90 Å². The Hall–Kier alpha value is -1.81. The number of fused-ring (bicyclic) bond motifs is 1. The molecule has 0 N–H and O–H groups in total. The number of benzene rings is 2. The topological polar surface area (TPSA) is 29.5 Å². The minimum atomic E-state index is 0.0290. The predicted molar refractivity (Wildman–Crippen MR) is 104 cm³/mol. The van der Waals surface area contributed by atoms with Gasteiger partial charge in [0, 0.05) is 13.1 Å². The molecule has 2 aromatic carbocycles. The fourth-order valence-electron chi connectivity index (χ4n) is 3.02. The molecule has 3 rings (SSSR count). The van der Waals surface area contributed by atoms with E-state index in [0.717, 1.165) is 17.4 Å². The van der Waals surface area contributed by atoms with Gasteiger partial charge < -0.3 is 9.64 Å². The van der Waals surface area contributed by atoms with E-state index in [9.17, 15) is 4.79 Å². The van der Waals surface area contributed by atoms with Crippen molar-refractivity contribution in [2.75, 3.05) is 13.2 Å². The highest BCUT2D eigenvalue weighted by Crippen LogP contribution is 2.31. The fraction of sp³-hybridized carbons (Fsp3) is 0.381. The Labute approximate surface area is 158 Å². The Bertz CT molecular complexity index is 780. The molecule has 0 aliphatic carbocycles. The molecule has 0 bridgehead atoms. The lowest BCUT2D eigenvalue weighted by atomic mass is 9.87. The second-order valence-electron chi connectivity index (χ2n) is 7.52. The molecule has 0 fully saturated rings. The largest absolute Gasteiger partial charge is 0.483 e. The molecular weight excluding hydrogens is 378 g/mol. The summed E-state index contributed by atoms with van der Waals surface area (Å²) in [6, 6.07) is 14.4. The molecule has 0 atom stereocenters. The number of ether oxygens (including phenoxy) is 1. The van der Waals surface area contributed by atoms with Crippen LogP contribution in [0.1, 0.15) is 37.5 Å². The summed E-state index contributed by atoms with van der Waals surface area (Å²) in [5.74, 6) is 0.736. The Morgan fingerprint density at radius 3 is 2.56 bits per heavy atom. The van der Waals surface area contributed by atoms with E-state index in [1.165, 1.54) is 16.7 Å². The van der Waals surface area contributed by atoms with Crippen LogP contribution >= 0.6 is 15.9 Å². The van der Waals surface area contributed by atoms with Crippen LogP contribution in [-0.4, -0.2) is 24.0 Å². The van der Waals surface area contributed by atoms with E-state index in [1.807, 2.05) is 17.0 Å². The van der Waals surface area contributed by atoms with Crippen LogP contribution in [0, 0.1) is 0 Å². The highest BCUT2D eigenvalue weighted by atomic mass is 79.9. The van der Waals surface area contributed by atoms with Gasteiger partial charge in [0.05, 0.1) is 4.47 Å². The number of hydrogen-bond acceptors (Lipinski definition) is 2. The predicted octanol–water partition coefficient (Wildman–Crippen LogP) is 4.71. The van der Waals surface area contributed by atoms with Gasteiger partial charge >= 0.3 is 0 Å². The minimum absolute atomic E-state index is 0.0290. The number of carbonyl (C=O) groups is 1. The molecule has 3 nitrogen and oxygen atoms in total. The lowest BCUT2D eigenvalue weighted by Crippen LogP contribution is -2.38. The zero-order chi connectivity index (χ0) is 18.0. The maximum atomic E-state index is 12.5. The van der Waals surface area contributed by atoms with Crippen LogP contribution in [0.3, 0.4) is 0 Å². The van der Waals surface area contributed by atoms with Crippen molar-refractivity contribution in [1.29, 1.82) is 0 Å². The molecule has 0 unspecified atom stereocenters. The number of nitrogens with zero attached hydrogens (tertiary/aromatic N) is 1. The van der Waals surface area contributed by atoms with Crippen molar-refractivity contribution >= 4 is 21.8 Å². The Kier molecular flexibility index (Phi) is 5.19. The first-order valence-electron chi connectivity index (χ1n) is 8.62. The monoisotopic (exact) mass is 401 g/mol. The molecule has 4 heteroatoms. The third-order valence-corrected chi connectivity index (χ3v) is 5.25. The third kappa shape index (κ3) is 4.24. The van der Waals surface area contributed by atoms with Crippen LogP contribution in [0.15, 0.2) is 46.9 Å². The molecule has 132 valence electrons. The van der Waals surface area contributed by atoms with Gasteiger partial charge in [-0.15, -0.1) is 0 Å². The summed E-state index contributed by atoms with van der Waals surface area (Å²) in [6.07, 6.45) is 0.909. The standard InChI is InChI=1S/C21H24BrNO2/c1-21(2,3)17-8-9-19(18(22)12-17)25-14-20(24)23-11-10-15-6-4-5-7-16(15)13-23/h4-9,12H,10-11,13-14H2,1-3H3. The molecule has 25 heavy (non-hydrogen) atoms. The molecular formula is C21H24BrNO2. The fourth-order valence-corrected chi connectivity index (χ4v) is 3.52. The molecule has 0 aromatic heterocycles. The van der Waals surface area contributed by atoms with E-state index in [4.69, 9.17) is 4.74 Å². The van der Waals surface area contributed by atoms with Gasteiger partial charge in [0.1, 0.15) is 5.75 Å². The van der Waals surface area contributed by atoms with Crippen LogP contribution in [0.25, 0.3) is 0 Å². The Morgan fingerprint density at radius 2 is 1.88 bits per heavy atom. The van der Waals surface area contributed by atoms with Crippen molar-refractivity contribution in [2.24, 2.45) is 0 Å². The van der Waals surface area contributed by atoms with Gasteiger partial charge in [-0.05, 0) is 56.6 Å². The van der Waals surface area contributed by atoms with Gasteiger partial charge in [0.25, 0.3) is 5.91 Å². The summed E-state index contributed by atoms with van der Waals surface area (Å²) in [5, 5.41) is 0. The molecule has 1 aliphatic heterocycles. The van der Waals surface area contributed by atoms with Gasteiger partial charge in [-0.25, -0.2) is 0 Å². The minimum Gasteiger partial charge on any atom is -0.483 e. The highest BCUT2D eigenvalue weighted by Gasteiger charge is 2.21. The SMILES string of the molecule is CC(C)(C)c1ccc(OCC(=O)N2CCc3ccccc3C2)c(Br)c1. The molecule has 1 heterocycles. The van der Waals surface area contributed by atoms with Crippen molar-refractivity contribution in [3.8, 4) is 5.75 Å². The van der Waals surface area contributed by atoms with Crippen LogP contribution in [0.5, 0.6) is 5.75 Å². The van der Waals surface area contributed by atoms with E-state index in [-0.39, 0.29) is 17.9 Å². The molecule has 1 aliphatic rings. The van der Waals surface area contributed by atoms with Crippen LogP contribution in [-0.2, 0) is 23.2 Å². The maximum Gasteiger partial charge on any atom is 0.260 e. The quantitative estimate of drug-likeness (QED) is 0.744. The normalized spacial score (nSPS) is 14.2. The van der Waals surface area contributed by atoms with Crippen LogP contribution < -0.4 is 4.74 Å². The molecule has 1 amide bonds. The summed E-state index contributed by atoms with van der Waals surface area (Å²) in [4.78, 5) is 14.4. The molecule has 0 saturated carbocycles. The lowest BCUT2D eigenvalue weighted by molar-refractivity contribution is -0.134. The van der Waals surface area contributed by atoms with E-state index in [2.05, 4.69) is 67.0 Å². The average molecular weight is 402 g/mol. The third-order valence-electron chi connectivity index (χ3n) is 4.63. The van der Waals surface area contributed by atoms with E-state index in [1.54, 1.807) is 0 Å². The first-order valence-corrected chi connectivity index (χ1v) is 9.41. The van der Waals surface area contributed by atoms with Gasteiger partial charge in [-0.2, -0.15) is 0 Å². The highest BCUT2D eigenvalue weighted by molar-refractivity contribution is 9.10. The second-order valence-corrected chi connectivity index (χ2v) is 8.37. The van der Waals surface area contributed by atoms with E-state index in [0.29, 0.717) is 12.3 Å². The summed E-state index contributed by atoms with van der Waals surface area (Å²) in [7, 11) is 0. The van der Waals surface area contributed by atoms with Gasteiger partial charge in [-0.3, -0.25) is 4.79 Å². The second kappa shape index (κ2) is 7.20. The van der Waals surface area contributed by atoms with Gasteiger partial charge in [0.2, 0.25) is 0 Å². The van der Waals surface area contributed by atoms with Crippen molar-refractivity contribution in [2.45, 2.75) is 39.2 Å². The number of halogens is 1. The molecule has 0 saturated heterocycles. The molecule has 0 radical (unpaired) electrons. The summed E-state index contributed by atoms with van der Waals surface area (Å²) in [5.41, 5.74) is 3.88. The molecule has 0 spiro atoms. The number of rotatable bonds is 3. The summed E-state index contributed by atoms with van der Waals surface area (Å²) >= 11 is 3.56. The van der Waals surface area contributed by atoms with Crippen LogP contribution in [0.2, 0.25) is 0 Å². The zero-order valence-electron chi connectivity index (χ0n) is 15.0. The van der Waals surface area contributed by atoms with Crippen molar-refractivity contribution in [3.63, 3.8) is 0 Å². The first kappa shape index (κ1) is 18.0. The average Bonchev–Trinajstić information content (AvgIpc) is 2.59. The first-order chi connectivity index (χ1) is 11.8. The number of hydrogen-bond donors (Lipinski definition) is 0. The van der Waals surface area contributed by atoms with Crippen molar-refractivity contribution in [3.05, 3.63) is 63.6 Å². The van der Waals surface area contributed by atoms with Gasteiger partial charge in [-0.1, -0.05) is 51.1 Å². The lowest BCUT2D eigenvalue weighted by Gasteiger charge is -2.29. The zero-order valence-corrected chi connectivity index (χ0v) is 16.6. The van der Waals surface area contributed by atoms with E-state index >= 15 is 0 Å². The summed E-state index contributed by atoms with van der Waals surface area (Å²) < 4.78 is 6.66. The van der Waals surface area contributed by atoms with E-state index < -0.39 is 0 Å². The van der Waals surface area contributed by atoms with Crippen molar-refractivity contribution < 1.29 is 9.53 Å². The van der Waals surface area contributed by atoms with Gasteiger partial charge in [0.15, 0.2) is 6.61 Å². The number of carbonyl (C=O) groups excluding carboxylic acids is 1. The Morgan fingerprint density at radius 1 is 1.16 bits per heavy atom.